The van der Waals surface area contributed by atoms with Crippen molar-refractivity contribution < 1.29 is 14.3 Å². The van der Waals surface area contributed by atoms with E-state index in [1.807, 2.05) is 31.2 Å². The molecule has 0 spiro atoms. The molecular formula is C20H19ClN2O3. The number of halogens is 1. The van der Waals surface area contributed by atoms with Crippen molar-refractivity contribution >= 4 is 23.6 Å². The van der Waals surface area contributed by atoms with Crippen molar-refractivity contribution in [3.8, 4) is 0 Å². The molecule has 6 heteroatoms. The summed E-state index contributed by atoms with van der Waals surface area (Å²) in [5.41, 5.74) is 3.46. The van der Waals surface area contributed by atoms with Gasteiger partial charge in [0.25, 0.3) is 0 Å². The molecule has 0 saturated carbocycles. The minimum atomic E-state index is -0.664. The van der Waals surface area contributed by atoms with Crippen LogP contribution >= 0.6 is 11.6 Å². The summed E-state index contributed by atoms with van der Waals surface area (Å²) in [7, 11) is 0. The van der Waals surface area contributed by atoms with Crippen molar-refractivity contribution in [3.05, 3.63) is 81.5 Å². The molecule has 5 nitrogen and oxygen atoms in total. The summed E-state index contributed by atoms with van der Waals surface area (Å²) < 4.78 is 5.47. The van der Waals surface area contributed by atoms with E-state index in [1.54, 1.807) is 31.2 Å². The zero-order valence-corrected chi connectivity index (χ0v) is 15.3. The lowest BCUT2D eigenvalue weighted by Crippen LogP contribution is -2.45. The van der Waals surface area contributed by atoms with E-state index in [4.69, 9.17) is 16.3 Å². The van der Waals surface area contributed by atoms with Gasteiger partial charge in [0.05, 0.1) is 11.6 Å². The molecule has 0 aromatic heterocycles. The van der Waals surface area contributed by atoms with Gasteiger partial charge in [0.2, 0.25) is 0 Å². The lowest BCUT2D eigenvalue weighted by Gasteiger charge is -2.28. The Morgan fingerprint density at radius 1 is 1.12 bits per heavy atom. The number of ether oxygens (including phenoxy) is 1. The van der Waals surface area contributed by atoms with Crippen LogP contribution in [0.15, 0.2) is 59.8 Å². The molecular weight excluding hydrogens is 352 g/mol. The van der Waals surface area contributed by atoms with Crippen LogP contribution in [0.4, 0.5) is 4.79 Å². The second-order valence-electron chi connectivity index (χ2n) is 6.15. The topological polar surface area (TPSA) is 67.4 Å². The van der Waals surface area contributed by atoms with Crippen molar-refractivity contribution in [1.29, 1.82) is 0 Å². The largest absolute Gasteiger partial charge is 0.457 e. The second kappa shape index (κ2) is 7.62. The maximum absolute atomic E-state index is 12.7. The SMILES string of the molecule is CC1=C(C(=O)OCc2ccc(C)cc2)[C@H](c2ccccc2Cl)NC(=O)N1. The van der Waals surface area contributed by atoms with E-state index in [2.05, 4.69) is 10.6 Å². The van der Waals surface area contributed by atoms with E-state index in [1.165, 1.54) is 0 Å². The summed E-state index contributed by atoms with van der Waals surface area (Å²) in [5.74, 6) is -0.500. The number of allylic oxidation sites excluding steroid dienone is 1. The molecule has 1 aliphatic rings. The number of benzene rings is 2. The summed E-state index contributed by atoms with van der Waals surface area (Å²) in [6.07, 6.45) is 0. The Morgan fingerprint density at radius 3 is 2.50 bits per heavy atom. The third-order valence-corrected chi connectivity index (χ3v) is 4.54. The van der Waals surface area contributed by atoms with E-state index in [0.29, 0.717) is 21.9 Å². The molecule has 0 bridgehead atoms. The molecule has 2 amide bonds. The molecule has 0 unspecified atom stereocenters. The lowest BCUT2D eigenvalue weighted by atomic mass is 9.95. The quantitative estimate of drug-likeness (QED) is 0.799. The van der Waals surface area contributed by atoms with Gasteiger partial charge < -0.3 is 15.4 Å². The first-order valence-electron chi connectivity index (χ1n) is 8.21. The van der Waals surface area contributed by atoms with Gasteiger partial charge >= 0.3 is 12.0 Å². The summed E-state index contributed by atoms with van der Waals surface area (Å²) in [6, 6.07) is 13.8. The molecule has 0 saturated heterocycles. The fraction of sp³-hybridized carbons (Fsp3) is 0.200. The average molecular weight is 371 g/mol. The molecule has 2 aromatic rings. The van der Waals surface area contributed by atoms with E-state index in [-0.39, 0.29) is 12.6 Å². The number of rotatable bonds is 4. The Kier molecular flexibility index (Phi) is 5.28. The van der Waals surface area contributed by atoms with Crippen molar-refractivity contribution in [1.82, 2.24) is 10.6 Å². The Labute approximate surface area is 157 Å². The highest BCUT2D eigenvalue weighted by Gasteiger charge is 2.33. The van der Waals surface area contributed by atoms with Crippen LogP contribution in [0.3, 0.4) is 0 Å². The Hall–Kier alpha value is -2.79. The van der Waals surface area contributed by atoms with Gasteiger partial charge in [-0.05, 0) is 31.0 Å². The summed E-state index contributed by atoms with van der Waals surface area (Å²) in [5, 5.41) is 5.84. The Morgan fingerprint density at radius 2 is 1.81 bits per heavy atom. The van der Waals surface area contributed by atoms with E-state index < -0.39 is 12.0 Å². The van der Waals surface area contributed by atoms with Crippen molar-refractivity contribution in [3.63, 3.8) is 0 Å². The van der Waals surface area contributed by atoms with Crippen LogP contribution in [0.1, 0.15) is 29.7 Å². The minimum Gasteiger partial charge on any atom is -0.457 e. The number of carbonyl (C=O) groups is 2. The number of hydrogen-bond acceptors (Lipinski definition) is 3. The van der Waals surface area contributed by atoms with E-state index >= 15 is 0 Å². The number of hydrogen-bond donors (Lipinski definition) is 2. The van der Waals surface area contributed by atoms with E-state index in [9.17, 15) is 9.59 Å². The number of amides is 2. The van der Waals surface area contributed by atoms with Gasteiger partial charge in [-0.3, -0.25) is 0 Å². The van der Waals surface area contributed by atoms with Crippen LogP contribution in [-0.4, -0.2) is 12.0 Å². The second-order valence-corrected chi connectivity index (χ2v) is 6.56. The van der Waals surface area contributed by atoms with Crippen LogP contribution in [-0.2, 0) is 16.1 Å². The molecule has 134 valence electrons. The van der Waals surface area contributed by atoms with Crippen molar-refractivity contribution in [2.45, 2.75) is 26.5 Å². The maximum Gasteiger partial charge on any atom is 0.338 e. The molecule has 2 N–H and O–H groups in total. The summed E-state index contributed by atoms with van der Waals surface area (Å²) in [4.78, 5) is 24.6. The molecule has 2 aromatic carbocycles. The van der Waals surface area contributed by atoms with Crippen molar-refractivity contribution in [2.24, 2.45) is 0 Å². The van der Waals surface area contributed by atoms with Gasteiger partial charge in [-0.2, -0.15) is 0 Å². The predicted molar refractivity (Wildman–Crippen MR) is 99.5 cm³/mol. The number of nitrogens with one attached hydrogen (secondary N) is 2. The summed E-state index contributed by atoms with van der Waals surface area (Å²) >= 11 is 6.26. The van der Waals surface area contributed by atoms with E-state index in [0.717, 1.165) is 11.1 Å². The van der Waals surface area contributed by atoms with Gasteiger partial charge in [0, 0.05) is 10.7 Å². The molecule has 1 atom stereocenters. The monoisotopic (exact) mass is 370 g/mol. The first-order chi connectivity index (χ1) is 12.5. The number of esters is 1. The van der Waals surface area contributed by atoms with Gasteiger partial charge in [-0.25, -0.2) is 9.59 Å². The normalized spacial score (nSPS) is 16.7. The maximum atomic E-state index is 12.7. The fourth-order valence-corrected chi connectivity index (χ4v) is 3.06. The van der Waals surface area contributed by atoms with Gasteiger partial charge in [-0.1, -0.05) is 59.6 Å². The Balaban J connectivity index is 1.85. The highest BCUT2D eigenvalue weighted by atomic mass is 35.5. The third-order valence-electron chi connectivity index (χ3n) is 4.20. The highest BCUT2D eigenvalue weighted by molar-refractivity contribution is 6.31. The molecule has 26 heavy (non-hydrogen) atoms. The smallest absolute Gasteiger partial charge is 0.338 e. The average Bonchev–Trinajstić information content (AvgIpc) is 2.61. The molecule has 0 radical (unpaired) electrons. The zero-order valence-electron chi connectivity index (χ0n) is 14.5. The Bertz CT molecular complexity index is 875. The van der Waals surface area contributed by atoms with Crippen molar-refractivity contribution in [2.75, 3.05) is 0 Å². The summed E-state index contributed by atoms with van der Waals surface area (Å²) in [6.45, 7) is 3.82. The van der Waals surface area contributed by atoms with Gasteiger partial charge in [-0.15, -0.1) is 0 Å². The van der Waals surface area contributed by atoms with Gasteiger partial charge in [0.1, 0.15) is 6.61 Å². The highest BCUT2D eigenvalue weighted by Crippen LogP contribution is 2.32. The van der Waals surface area contributed by atoms with Crippen LogP contribution in [0, 0.1) is 6.92 Å². The molecule has 1 aliphatic heterocycles. The first-order valence-corrected chi connectivity index (χ1v) is 8.59. The number of carbonyl (C=O) groups excluding carboxylic acids is 2. The number of aryl methyl sites for hydroxylation is 1. The molecule has 1 heterocycles. The minimum absolute atomic E-state index is 0.152. The third kappa shape index (κ3) is 3.89. The van der Waals surface area contributed by atoms with Crippen LogP contribution in [0.2, 0.25) is 5.02 Å². The lowest BCUT2D eigenvalue weighted by molar-refractivity contribution is -0.140. The van der Waals surface area contributed by atoms with Crippen LogP contribution < -0.4 is 10.6 Å². The van der Waals surface area contributed by atoms with Gasteiger partial charge in [0.15, 0.2) is 0 Å². The first kappa shape index (κ1) is 18.0. The predicted octanol–water partition coefficient (Wildman–Crippen LogP) is 4.02. The molecule has 3 rings (SSSR count). The zero-order chi connectivity index (χ0) is 18.7. The number of urea groups is 1. The van der Waals surface area contributed by atoms with Crippen LogP contribution in [0.25, 0.3) is 0 Å². The molecule has 0 aliphatic carbocycles. The molecule has 0 fully saturated rings. The standard InChI is InChI=1S/C20H19ClN2O3/c1-12-7-9-14(10-8-12)11-26-19(24)17-13(2)22-20(25)23-18(17)15-5-3-4-6-16(15)21/h3-10,18H,11H2,1-2H3,(H2,22,23,25)/t18-/m0/s1. The van der Waals surface area contributed by atoms with Crippen LogP contribution in [0.5, 0.6) is 0 Å². The fourth-order valence-electron chi connectivity index (χ4n) is 2.82.